The molecule has 0 radical (unpaired) electrons. The van der Waals surface area contributed by atoms with Crippen molar-refractivity contribution in [3.05, 3.63) is 71.8 Å². The van der Waals surface area contributed by atoms with Gasteiger partial charge in [0.15, 0.2) is 17.3 Å². The zero-order valence-corrected chi connectivity index (χ0v) is 25.4. The van der Waals surface area contributed by atoms with Gasteiger partial charge in [0.2, 0.25) is 5.91 Å². The minimum atomic E-state index is -2.76. The molecule has 1 aliphatic heterocycles. The summed E-state index contributed by atoms with van der Waals surface area (Å²) >= 11 is 0. The minimum Gasteiger partial charge on any atom is -0.493 e. The summed E-state index contributed by atoms with van der Waals surface area (Å²) in [6.07, 6.45) is 4.59. The van der Waals surface area contributed by atoms with Gasteiger partial charge < -0.3 is 18.9 Å². The number of ketones is 1. The zero-order chi connectivity index (χ0) is 36.4. The molecule has 1 heterocycles. The third kappa shape index (κ3) is 9.42. The van der Waals surface area contributed by atoms with Crippen molar-refractivity contribution in [2.45, 2.75) is 59.4 Å². The van der Waals surface area contributed by atoms with E-state index in [9.17, 15) is 14.4 Å². The van der Waals surface area contributed by atoms with E-state index < -0.39 is 32.0 Å². The quantitative estimate of drug-likeness (QED) is 0.113. The molecule has 0 spiro atoms. The molecule has 3 atom stereocenters. The highest BCUT2D eigenvalue weighted by molar-refractivity contribution is 5.98. The number of rotatable bonds is 17. The average Bonchev–Trinajstić information content (AvgIpc) is 3.37. The number of methoxy groups -OCH3 is 2. The fraction of sp³-hybridized carbons (Fsp3) is 0.514. The first kappa shape index (κ1) is 25.8. The molecule has 0 N–H and O–H groups in total. The number of imide groups is 1. The summed E-state index contributed by atoms with van der Waals surface area (Å²) in [5.74, 6) is -1.53. The first-order valence-corrected chi connectivity index (χ1v) is 14.8. The van der Waals surface area contributed by atoms with Gasteiger partial charge in [-0.05, 0) is 54.9 Å². The summed E-state index contributed by atoms with van der Waals surface area (Å²) in [5, 5.41) is 0. The molecule has 1 saturated heterocycles. The highest BCUT2D eigenvalue weighted by Crippen LogP contribution is 2.31. The molecule has 2 aromatic carbocycles. The van der Waals surface area contributed by atoms with E-state index >= 15 is 0 Å². The number of amides is 2. The maximum absolute atomic E-state index is 13.7. The summed E-state index contributed by atoms with van der Waals surface area (Å²) < 4.78 is 64.6. The lowest BCUT2D eigenvalue weighted by Gasteiger charge is -2.26. The molecule has 0 aromatic heterocycles. The van der Waals surface area contributed by atoms with Gasteiger partial charge in [0.1, 0.15) is 6.61 Å². The highest BCUT2D eigenvalue weighted by atomic mass is 16.6. The molecular formula is C35H47NO7. The van der Waals surface area contributed by atoms with Crippen molar-refractivity contribution in [1.29, 1.82) is 0 Å². The van der Waals surface area contributed by atoms with Crippen molar-refractivity contribution in [2.75, 3.05) is 33.9 Å². The SMILES string of the molecule is [2H]C([2H])([2H])OCCCOc1cc(C(=O)C(CC=CC[C@@H](C(=O)N2C(=O)OC[C@H]2Cc2ccccc2)C(C)C)C(C)C)ccc1OC([2H])([2H])[2H]. The van der Waals surface area contributed by atoms with Crippen LogP contribution < -0.4 is 9.47 Å². The van der Waals surface area contributed by atoms with Crippen LogP contribution >= 0.6 is 0 Å². The van der Waals surface area contributed by atoms with Crippen molar-refractivity contribution < 1.29 is 41.6 Å². The number of cyclic esters (lactones) is 1. The Labute approximate surface area is 264 Å². The Morgan fingerprint density at radius 2 is 1.70 bits per heavy atom. The summed E-state index contributed by atoms with van der Waals surface area (Å²) in [7, 11) is -5.30. The van der Waals surface area contributed by atoms with E-state index in [0.29, 0.717) is 24.8 Å². The number of benzene rings is 2. The Kier molecular flexibility index (Phi) is 10.1. The van der Waals surface area contributed by atoms with Crippen LogP contribution in [0.25, 0.3) is 0 Å². The smallest absolute Gasteiger partial charge is 0.416 e. The second-order valence-corrected chi connectivity index (χ2v) is 11.5. The van der Waals surface area contributed by atoms with Gasteiger partial charge in [-0.3, -0.25) is 9.59 Å². The van der Waals surface area contributed by atoms with E-state index in [4.69, 9.17) is 27.2 Å². The number of nitrogens with zero attached hydrogens (tertiary/aromatic N) is 1. The van der Waals surface area contributed by atoms with Crippen LogP contribution in [0.2, 0.25) is 0 Å². The first-order chi connectivity index (χ1) is 23.0. The van der Waals surface area contributed by atoms with E-state index in [1.807, 2.05) is 70.2 Å². The zero-order valence-electron chi connectivity index (χ0n) is 31.4. The summed E-state index contributed by atoms with van der Waals surface area (Å²) in [6.45, 7) is 7.77. The molecule has 0 saturated carbocycles. The van der Waals surface area contributed by atoms with Gasteiger partial charge in [-0.1, -0.05) is 70.2 Å². The number of carbonyl (C=O) groups excluding carboxylic acids is 3. The lowest BCUT2D eigenvalue weighted by atomic mass is 9.84. The lowest BCUT2D eigenvalue weighted by Crippen LogP contribution is -2.44. The number of ether oxygens (including phenoxy) is 4. The van der Waals surface area contributed by atoms with Crippen LogP contribution in [0.1, 0.15) is 71.1 Å². The number of allylic oxidation sites excluding steroid dienone is 2. The maximum Gasteiger partial charge on any atom is 0.416 e. The van der Waals surface area contributed by atoms with Crippen LogP contribution in [-0.4, -0.2) is 62.6 Å². The molecule has 8 heteroatoms. The van der Waals surface area contributed by atoms with Crippen molar-refractivity contribution in [3.63, 3.8) is 0 Å². The average molecular weight is 600 g/mol. The topological polar surface area (TPSA) is 91.4 Å². The molecular weight excluding hydrogens is 546 g/mol. The second-order valence-electron chi connectivity index (χ2n) is 11.5. The molecule has 3 rings (SSSR count). The largest absolute Gasteiger partial charge is 0.493 e. The third-order valence-corrected chi connectivity index (χ3v) is 7.71. The summed E-state index contributed by atoms with van der Waals surface area (Å²) in [6, 6.07) is 13.5. The number of hydrogen-bond donors (Lipinski definition) is 0. The van der Waals surface area contributed by atoms with Gasteiger partial charge in [-0.2, -0.15) is 0 Å². The predicted octanol–water partition coefficient (Wildman–Crippen LogP) is 6.76. The van der Waals surface area contributed by atoms with Crippen molar-refractivity contribution >= 4 is 17.8 Å². The van der Waals surface area contributed by atoms with Crippen LogP contribution in [-0.2, 0) is 20.7 Å². The second kappa shape index (κ2) is 16.8. The number of Topliss-reactive ketones (excluding diaryl/α,β-unsaturated/α-hetero) is 1. The molecule has 1 fully saturated rings. The molecule has 8 nitrogen and oxygen atoms in total. The van der Waals surface area contributed by atoms with Crippen LogP contribution in [0.15, 0.2) is 60.7 Å². The Hall–Kier alpha value is -3.65. The Bertz CT molecular complexity index is 1430. The number of carbonyl (C=O) groups is 3. The molecule has 0 aliphatic carbocycles. The standard InChI is InChI=1S/C35H47NO7/c1-24(2)29(33(37)27-17-18-31(41-6)32(22-27)42-20-12-19-40-5)15-10-11-16-30(25(3)4)34(38)36-28(23-43-35(36)39)21-26-13-8-7-9-14-26/h7-11,13-14,17-18,22,24-25,28-30H,12,15-16,19-21,23H2,1-6H3/t28-,29?,30-/m1/s1/i5D3,6D3. The molecule has 43 heavy (non-hydrogen) atoms. The molecule has 1 aliphatic rings. The minimum absolute atomic E-state index is 0.000673. The lowest BCUT2D eigenvalue weighted by molar-refractivity contribution is -0.134. The number of hydrogen-bond acceptors (Lipinski definition) is 7. The van der Waals surface area contributed by atoms with Crippen LogP contribution in [0.3, 0.4) is 0 Å². The van der Waals surface area contributed by atoms with E-state index in [1.165, 1.54) is 23.1 Å². The van der Waals surface area contributed by atoms with Crippen LogP contribution in [0.5, 0.6) is 11.5 Å². The fourth-order valence-corrected chi connectivity index (χ4v) is 5.16. The summed E-state index contributed by atoms with van der Waals surface area (Å²) in [5.41, 5.74) is 1.30. The molecule has 2 amide bonds. The monoisotopic (exact) mass is 599 g/mol. The van der Waals surface area contributed by atoms with E-state index in [2.05, 4.69) is 0 Å². The normalized spacial score (nSPS) is 19.2. The van der Waals surface area contributed by atoms with Crippen LogP contribution in [0, 0.1) is 23.7 Å². The Balaban J connectivity index is 1.70. The predicted molar refractivity (Wildman–Crippen MR) is 166 cm³/mol. The highest BCUT2D eigenvalue weighted by Gasteiger charge is 2.41. The van der Waals surface area contributed by atoms with E-state index in [0.717, 1.165) is 5.56 Å². The third-order valence-electron chi connectivity index (χ3n) is 7.71. The fourth-order valence-electron chi connectivity index (χ4n) is 5.16. The van der Waals surface area contributed by atoms with Gasteiger partial charge in [0.05, 0.1) is 27.9 Å². The summed E-state index contributed by atoms with van der Waals surface area (Å²) in [4.78, 5) is 41.3. The van der Waals surface area contributed by atoms with Crippen molar-refractivity contribution in [2.24, 2.45) is 23.7 Å². The van der Waals surface area contributed by atoms with E-state index in [1.54, 1.807) is 0 Å². The molecule has 234 valence electrons. The van der Waals surface area contributed by atoms with E-state index in [-0.39, 0.29) is 67.3 Å². The van der Waals surface area contributed by atoms with Crippen molar-refractivity contribution in [1.82, 2.24) is 4.90 Å². The van der Waals surface area contributed by atoms with Crippen LogP contribution in [0.4, 0.5) is 4.79 Å². The molecule has 1 unspecified atom stereocenters. The Morgan fingerprint density at radius 3 is 2.37 bits per heavy atom. The van der Waals surface area contributed by atoms with Gasteiger partial charge in [-0.25, -0.2) is 9.69 Å². The van der Waals surface area contributed by atoms with Crippen molar-refractivity contribution in [3.8, 4) is 11.5 Å². The van der Waals surface area contributed by atoms with Gasteiger partial charge in [0.25, 0.3) is 0 Å². The molecule has 0 bridgehead atoms. The Morgan fingerprint density at radius 1 is 0.977 bits per heavy atom. The molecule has 2 aromatic rings. The maximum atomic E-state index is 13.7. The van der Waals surface area contributed by atoms with Gasteiger partial charge in [0, 0.05) is 37.5 Å². The van der Waals surface area contributed by atoms with Gasteiger partial charge in [-0.15, -0.1) is 0 Å². The first-order valence-electron chi connectivity index (χ1n) is 17.8. The van der Waals surface area contributed by atoms with Gasteiger partial charge >= 0.3 is 6.09 Å².